The highest BCUT2D eigenvalue weighted by atomic mass is 32.2. The van der Waals surface area contributed by atoms with Gasteiger partial charge in [-0.1, -0.05) is 12.1 Å². The van der Waals surface area contributed by atoms with Crippen molar-refractivity contribution in [1.82, 2.24) is 9.78 Å². The molecule has 0 saturated carbocycles. The molecular weight excluding hydrogens is 468 g/mol. The lowest BCUT2D eigenvalue weighted by Crippen LogP contribution is -2.42. The Balaban J connectivity index is 1.94. The molecule has 0 bridgehead atoms. The number of methoxy groups -OCH3 is 1. The highest BCUT2D eigenvalue weighted by Gasteiger charge is 2.22. The summed E-state index contributed by atoms with van der Waals surface area (Å²) in [4.78, 5) is 18.0. The topological polar surface area (TPSA) is 97.1 Å². The van der Waals surface area contributed by atoms with Crippen molar-refractivity contribution in [2.75, 3.05) is 56.5 Å². The lowest BCUT2D eigenvalue weighted by Gasteiger charge is -2.32. The van der Waals surface area contributed by atoms with Gasteiger partial charge in [0.25, 0.3) is 5.56 Å². The van der Waals surface area contributed by atoms with Gasteiger partial charge < -0.3 is 24.4 Å². The monoisotopic (exact) mass is 498 g/mol. The van der Waals surface area contributed by atoms with Gasteiger partial charge in [0.05, 0.1) is 47.3 Å². The second kappa shape index (κ2) is 10.6. The highest BCUT2D eigenvalue weighted by molar-refractivity contribution is 7.84. The highest BCUT2D eigenvalue weighted by Crippen LogP contribution is 2.28. The summed E-state index contributed by atoms with van der Waals surface area (Å²) in [6.45, 7) is 3.85. The Labute approximate surface area is 207 Å². The smallest absolute Gasteiger partial charge is 0.295 e. The van der Waals surface area contributed by atoms with Crippen molar-refractivity contribution < 1.29 is 18.8 Å². The summed E-state index contributed by atoms with van der Waals surface area (Å²) >= 11 is 0. The largest absolute Gasteiger partial charge is 0.497 e. The van der Waals surface area contributed by atoms with Crippen molar-refractivity contribution in [3.8, 4) is 22.7 Å². The maximum absolute atomic E-state index is 13.7. The van der Waals surface area contributed by atoms with Gasteiger partial charge in [0.1, 0.15) is 11.4 Å². The molecule has 0 radical (unpaired) electrons. The SMILES string of the molecule is CCN(C)c1cc(-c2cccc(OC)c2)nn(-c2cc(N3CCOC(O)C3)ccc2S(C)=O)c1=O. The van der Waals surface area contributed by atoms with E-state index in [-0.39, 0.29) is 5.56 Å². The Kier molecular flexibility index (Phi) is 7.54. The Bertz CT molecular complexity index is 1300. The number of morpholine rings is 1. The molecule has 2 atom stereocenters. The fraction of sp³-hybridized carbons (Fsp3) is 0.360. The van der Waals surface area contributed by atoms with E-state index in [2.05, 4.69) is 0 Å². The van der Waals surface area contributed by atoms with Crippen molar-refractivity contribution in [2.24, 2.45) is 0 Å². The van der Waals surface area contributed by atoms with Crippen LogP contribution < -0.4 is 20.1 Å². The first-order valence-corrected chi connectivity index (χ1v) is 12.9. The fourth-order valence-electron chi connectivity index (χ4n) is 3.99. The Morgan fingerprint density at radius 1 is 1.26 bits per heavy atom. The summed E-state index contributed by atoms with van der Waals surface area (Å²) in [6.07, 6.45) is 0.682. The van der Waals surface area contributed by atoms with Crippen LogP contribution in [0.5, 0.6) is 5.75 Å². The van der Waals surface area contributed by atoms with Gasteiger partial charge in [-0.05, 0) is 43.3 Å². The predicted molar refractivity (Wildman–Crippen MR) is 137 cm³/mol. The number of aliphatic hydroxyl groups is 1. The molecule has 2 aromatic carbocycles. The third-order valence-electron chi connectivity index (χ3n) is 6.04. The zero-order chi connectivity index (χ0) is 25.1. The minimum Gasteiger partial charge on any atom is -0.497 e. The van der Waals surface area contributed by atoms with Crippen LogP contribution in [0.4, 0.5) is 11.4 Å². The lowest BCUT2D eigenvalue weighted by atomic mass is 10.1. The lowest BCUT2D eigenvalue weighted by molar-refractivity contribution is -0.104. The van der Waals surface area contributed by atoms with Crippen LogP contribution in [0.2, 0.25) is 0 Å². The number of hydrogen-bond donors (Lipinski definition) is 1. The molecule has 9 nitrogen and oxygen atoms in total. The number of rotatable bonds is 7. The summed E-state index contributed by atoms with van der Waals surface area (Å²) in [7, 11) is 2.08. The van der Waals surface area contributed by atoms with Crippen molar-refractivity contribution in [3.05, 3.63) is 58.9 Å². The average Bonchev–Trinajstić information content (AvgIpc) is 2.88. The summed E-state index contributed by atoms with van der Waals surface area (Å²) < 4.78 is 24.6. The molecule has 1 N–H and O–H groups in total. The number of aromatic nitrogens is 2. The summed E-state index contributed by atoms with van der Waals surface area (Å²) in [5.41, 5.74) is 2.74. The van der Waals surface area contributed by atoms with Crippen LogP contribution in [-0.2, 0) is 15.5 Å². The normalized spacial score (nSPS) is 16.7. The molecule has 0 spiro atoms. The minimum absolute atomic E-state index is 0.296. The number of nitrogens with zero attached hydrogens (tertiary/aromatic N) is 4. The van der Waals surface area contributed by atoms with Crippen LogP contribution in [0.3, 0.4) is 0 Å². The standard InChI is InChI=1S/C25H30N4O5S/c1-5-27(2)22-15-20(17-7-6-8-19(13-17)33-3)26-29(25(22)31)21-14-18(9-10-23(21)35(4)32)28-11-12-34-24(30)16-28/h6-10,13-15,24,30H,5,11-12,16H2,1-4H3. The summed E-state index contributed by atoms with van der Waals surface area (Å²) in [6, 6.07) is 14.6. The first-order chi connectivity index (χ1) is 16.8. The number of hydrogen-bond acceptors (Lipinski definition) is 8. The van der Waals surface area contributed by atoms with E-state index in [1.54, 1.807) is 31.6 Å². The third kappa shape index (κ3) is 5.24. The van der Waals surface area contributed by atoms with Crippen LogP contribution in [0.25, 0.3) is 16.9 Å². The number of ether oxygens (including phenoxy) is 2. The molecule has 10 heteroatoms. The molecule has 1 saturated heterocycles. The molecule has 35 heavy (non-hydrogen) atoms. The zero-order valence-electron chi connectivity index (χ0n) is 20.3. The van der Waals surface area contributed by atoms with Crippen LogP contribution in [0.15, 0.2) is 58.2 Å². The van der Waals surface area contributed by atoms with E-state index < -0.39 is 17.1 Å². The van der Waals surface area contributed by atoms with Crippen LogP contribution in [0.1, 0.15) is 6.92 Å². The number of β-amino-alcohol motifs (C(OH)–C–C–N with tert-alkyl or cyclic N) is 1. The second-order valence-electron chi connectivity index (χ2n) is 8.26. The number of benzene rings is 2. The van der Waals surface area contributed by atoms with E-state index in [1.165, 1.54) is 4.68 Å². The van der Waals surface area contributed by atoms with Crippen molar-refractivity contribution in [3.63, 3.8) is 0 Å². The van der Waals surface area contributed by atoms with Gasteiger partial charge in [0.15, 0.2) is 6.29 Å². The van der Waals surface area contributed by atoms with E-state index in [1.807, 2.05) is 54.1 Å². The fourth-order valence-corrected chi connectivity index (χ4v) is 4.69. The maximum atomic E-state index is 13.7. The van der Waals surface area contributed by atoms with Crippen molar-refractivity contribution in [2.45, 2.75) is 18.1 Å². The van der Waals surface area contributed by atoms with Crippen LogP contribution in [0, 0.1) is 0 Å². The maximum Gasteiger partial charge on any atom is 0.295 e. The quantitative estimate of drug-likeness (QED) is 0.530. The van der Waals surface area contributed by atoms with E-state index >= 15 is 0 Å². The van der Waals surface area contributed by atoms with Gasteiger partial charge in [0, 0.05) is 37.6 Å². The minimum atomic E-state index is -1.37. The molecule has 1 aromatic heterocycles. The van der Waals surface area contributed by atoms with Gasteiger partial charge in [-0.2, -0.15) is 9.78 Å². The van der Waals surface area contributed by atoms with Gasteiger partial charge in [-0.15, -0.1) is 0 Å². The predicted octanol–water partition coefficient (Wildman–Crippen LogP) is 2.26. The molecule has 0 amide bonds. The van der Waals surface area contributed by atoms with Gasteiger partial charge in [-0.25, -0.2) is 0 Å². The van der Waals surface area contributed by atoms with E-state index in [0.717, 1.165) is 11.3 Å². The van der Waals surface area contributed by atoms with E-state index in [9.17, 15) is 14.1 Å². The van der Waals surface area contributed by atoms with Gasteiger partial charge in [-0.3, -0.25) is 9.00 Å². The van der Waals surface area contributed by atoms with Crippen molar-refractivity contribution in [1.29, 1.82) is 0 Å². The molecule has 4 rings (SSSR count). The Morgan fingerprint density at radius 2 is 2.06 bits per heavy atom. The number of aliphatic hydroxyl groups excluding tert-OH is 1. The van der Waals surface area contributed by atoms with E-state index in [0.29, 0.717) is 54.0 Å². The van der Waals surface area contributed by atoms with Crippen molar-refractivity contribution >= 4 is 22.2 Å². The van der Waals surface area contributed by atoms with E-state index in [4.69, 9.17) is 14.6 Å². The third-order valence-corrected chi connectivity index (χ3v) is 7.00. The molecule has 186 valence electrons. The molecule has 2 heterocycles. The Hall–Kier alpha value is -3.21. The summed E-state index contributed by atoms with van der Waals surface area (Å²) in [5.74, 6) is 0.677. The Morgan fingerprint density at radius 3 is 2.74 bits per heavy atom. The molecule has 0 aliphatic carbocycles. The first-order valence-electron chi connectivity index (χ1n) is 11.3. The van der Waals surface area contributed by atoms with Gasteiger partial charge in [0.2, 0.25) is 0 Å². The molecule has 3 aromatic rings. The first kappa shape index (κ1) is 24.9. The average molecular weight is 499 g/mol. The van der Waals surface area contributed by atoms with Gasteiger partial charge >= 0.3 is 0 Å². The molecule has 1 aliphatic rings. The molecule has 1 fully saturated rings. The molecular formula is C25H30N4O5S. The molecule has 1 aliphatic heterocycles. The zero-order valence-corrected chi connectivity index (χ0v) is 21.1. The summed E-state index contributed by atoms with van der Waals surface area (Å²) in [5, 5.41) is 14.7. The second-order valence-corrected chi connectivity index (χ2v) is 9.60. The molecule has 2 unspecified atom stereocenters. The number of anilines is 2. The van der Waals surface area contributed by atoms with Crippen LogP contribution in [-0.4, -0.2) is 72.0 Å². The van der Waals surface area contributed by atoms with Crippen LogP contribution >= 0.6 is 0 Å².